The number of carbonyl (C=O) groups excluding carboxylic acids is 1. The normalized spacial score (nSPS) is 20.0. The number of hydrogen-bond donors (Lipinski definition) is 0. The Hall–Kier alpha value is -1.94. The fourth-order valence-corrected chi connectivity index (χ4v) is 4.47. The van der Waals surface area contributed by atoms with Crippen LogP contribution in [0.25, 0.3) is 0 Å². The lowest BCUT2D eigenvalue weighted by Crippen LogP contribution is -2.40. The molecule has 0 amide bonds. The number of methoxy groups -OCH3 is 2. The van der Waals surface area contributed by atoms with Crippen LogP contribution < -0.4 is 9.47 Å². The molecule has 0 N–H and O–H groups in total. The van der Waals surface area contributed by atoms with Gasteiger partial charge in [-0.15, -0.1) is 11.8 Å². The van der Waals surface area contributed by atoms with Gasteiger partial charge in [0.15, 0.2) is 5.78 Å². The SMILES string of the molecule is CCC1(c2ccc(OC)cc2)CSc2cc(OC)ccc2C1=O. The maximum Gasteiger partial charge on any atom is 0.175 e. The second-order valence-corrected chi connectivity index (χ2v) is 6.66. The first-order valence-corrected chi connectivity index (χ1v) is 8.63. The fraction of sp³-hybridized carbons (Fsp3) is 0.316. The molecular weight excluding hydrogens is 308 g/mol. The van der Waals surface area contributed by atoms with E-state index in [0.29, 0.717) is 0 Å². The van der Waals surface area contributed by atoms with Gasteiger partial charge in [-0.25, -0.2) is 0 Å². The second-order valence-electron chi connectivity index (χ2n) is 5.64. The Labute approximate surface area is 141 Å². The summed E-state index contributed by atoms with van der Waals surface area (Å²) in [6.07, 6.45) is 0.774. The minimum atomic E-state index is -0.474. The van der Waals surface area contributed by atoms with E-state index in [1.165, 1.54) is 0 Å². The van der Waals surface area contributed by atoms with Crippen molar-refractivity contribution in [3.8, 4) is 11.5 Å². The summed E-state index contributed by atoms with van der Waals surface area (Å²) >= 11 is 1.73. The molecule has 1 atom stereocenters. The van der Waals surface area contributed by atoms with Gasteiger partial charge >= 0.3 is 0 Å². The number of carbonyl (C=O) groups is 1. The van der Waals surface area contributed by atoms with Crippen LogP contribution in [0.3, 0.4) is 0 Å². The monoisotopic (exact) mass is 328 g/mol. The van der Waals surface area contributed by atoms with E-state index in [2.05, 4.69) is 6.92 Å². The highest BCUT2D eigenvalue weighted by Gasteiger charge is 2.43. The molecule has 0 saturated heterocycles. The molecule has 1 aliphatic heterocycles. The van der Waals surface area contributed by atoms with Crippen molar-refractivity contribution in [2.75, 3.05) is 20.0 Å². The first kappa shape index (κ1) is 15.9. The van der Waals surface area contributed by atoms with E-state index in [9.17, 15) is 4.79 Å². The van der Waals surface area contributed by atoms with Gasteiger partial charge in [-0.3, -0.25) is 4.79 Å². The van der Waals surface area contributed by atoms with Crippen molar-refractivity contribution in [1.29, 1.82) is 0 Å². The number of fused-ring (bicyclic) bond motifs is 1. The molecule has 1 aliphatic rings. The van der Waals surface area contributed by atoms with Gasteiger partial charge in [-0.05, 0) is 42.3 Å². The number of hydrogen-bond acceptors (Lipinski definition) is 4. The highest BCUT2D eigenvalue weighted by molar-refractivity contribution is 7.99. The molecule has 120 valence electrons. The number of benzene rings is 2. The van der Waals surface area contributed by atoms with Gasteiger partial charge < -0.3 is 9.47 Å². The van der Waals surface area contributed by atoms with Crippen LogP contribution >= 0.6 is 11.8 Å². The molecule has 0 fully saturated rings. The van der Waals surface area contributed by atoms with Crippen LogP contribution in [0.1, 0.15) is 29.3 Å². The van der Waals surface area contributed by atoms with Crippen molar-refractivity contribution in [2.24, 2.45) is 0 Å². The van der Waals surface area contributed by atoms with Gasteiger partial charge in [0.05, 0.1) is 19.6 Å². The van der Waals surface area contributed by atoms with Crippen LogP contribution in [0.15, 0.2) is 47.4 Å². The lowest BCUT2D eigenvalue weighted by molar-refractivity contribution is 0.0889. The lowest BCUT2D eigenvalue weighted by atomic mass is 9.73. The van der Waals surface area contributed by atoms with Gasteiger partial charge in [0, 0.05) is 16.2 Å². The number of ketones is 1. The van der Waals surface area contributed by atoms with E-state index in [0.717, 1.165) is 39.7 Å². The largest absolute Gasteiger partial charge is 0.497 e. The molecule has 0 saturated carbocycles. The molecule has 0 aliphatic carbocycles. The molecule has 0 spiro atoms. The molecule has 2 aromatic rings. The summed E-state index contributed by atoms with van der Waals surface area (Å²) < 4.78 is 10.5. The van der Waals surface area contributed by atoms with Crippen molar-refractivity contribution in [1.82, 2.24) is 0 Å². The number of Topliss-reactive ketones (excluding diaryl/α,β-unsaturated/α-hetero) is 1. The Bertz CT molecular complexity index is 724. The van der Waals surface area contributed by atoms with E-state index < -0.39 is 5.41 Å². The van der Waals surface area contributed by atoms with Crippen LogP contribution in [-0.2, 0) is 5.41 Å². The Balaban J connectivity index is 2.04. The van der Waals surface area contributed by atoms with Gasteiger partial charge in [0.25, 0.3) is 0 Å². The maximum absolute atomic E-state index is 13.2. The van der Waals surface area contributed by atoms with Crippen LogP contribution in [0.4, 0.5) is 0 Å². The quantitative estimate of drug-likeness (QED) is 0.836. The molecule has 0 aromatic heterocycles. The molecule has 2 aromatic carbocycles. The van der Waals surface area contributed by atoms with E-state index in [1.54, 1.807) is 26.0 Å². The van der Waals surface area contributed by atoms with E-state index in [4.69, 9.17) is 9.47 Å². The Morgan fingerprint density at radius 3 is 2.30 bits per heavy atom. The number of ether oxygens (including phenoxy) is 2. The Morgan fingerprint density at radius 2 is 1.70 bits per heavy atom. The average molecular weight is 328 g/mol. The summed E-state index contributed by atoms with van der Waals surface area (Å²) in [6.45, 7) is 2.08. The van der Waals surface area contributed by atoms with E-state index in [1.807, 2.05) is 42.5 Å². The van der Waals surface area contributed by atoms with Crippen molar-refractivity contribution in [2.45, 2.75) is 23.7 Å². The minimum Gasteiger partial charge on any atom is -0.497 e. The summed E-state index contributed by atoms with van der Waals surface area (Å²) in [5.74, 6) is 2.54. The summed E-state index contributed by atoms with van der Waals surface area (Å²) in [7, 11) is 3.29. The predicted octanol–water partition coefficient (Wildman–Crippen LogP) is 4.34. The lowest BCUT2D eigenvalue weighted by Gasteiger charge is -2.36. The van der Waals surface area contributed by atoms with E-state index >= 15 is 0 Å². The molecular formula is C19H20O3S. The average Bonchev–Trinajstić information content (AvgIpc) is 2.62. The van der Waals surface area contributed by atoms with Crippen molar-refractivity contribution in [3.63, 3.8) is 0 Å². The van der Waals surface area contributed by atoms with Gasteiger partial charge in [0.2, 0.25) is 0 Å². The van der Waals surface area contributed by atoms with Crippen LogP contribution in [-0.4, -0.2) is 25.8 Å². The zero-order valence-electron chi connectivity index (χ0n) is 13.6. The molecule has 0 bridgehead atoms. The summed E-state index contributed by atoms with van der Waals surface area (Å²) in [5.41, 5.74) is 1.37. The van der Waals surface area contributed by atoms with Gasteiger partial charge in [0.1, 0.15) is 11.5 Å². The standard InChI is InChI=1S/C19H20O3S/c1-4-19(13-5-7-14(21-2)8-6-13)12-23-17-11-15(22-3)9-10-16(17)18(19)20/h5-11H,4,12H2,1-3H3. The predicted molar refractivity (Wildman–Crippen MR) is 93.0 cm³/mol. The number of rotatable bonds is 4. The molecule has 4 heteroatoms. The highest BCUT2D eigenvalue weighted by atomic mass is 32.2. The van der Waals surface area contributed by atoms with Crippen molar-refractivity contribution < 1.29 is 14.3 Å². The molecule has 1 heterocycles. The first-order valence-electron chi connectivity index (χ1n) is 7.65. The topological polar surface area (TPSA) is 35.5 Å². The number of thioether (sulfide) groups is 1. The maximum atomic E-state index is 13.2. The zero-order valence-corrected chi connectivity index (χ0v) is 14.4. The molecule has 3 rings (SSSR count). The zero-order chi connectivity index (χ0) is 16.4. The van der Waals surface area contributed by atoms with Crippen LogP contribution in [0.2, 0.25) is 0 Å². The third kappa shape index (κ3) is 2.61. The summed E-state index contributed by atoms with van der Waals surface area (Å²) in [6, 6.07) is 13.6. The van der Waals surface area contributed by atoms with Gasteiger partial charge in [-0.1, -0.05) is 19.1 Å². The third-order valence-electron chi connectivity index (χ3n) is 4.59. The van der Waals surface area contributed by atoms with Crippen molar-refractivity contribution >= 4 is 17.5 Å². The highest BCUT2D eigenvalue weighted by Crippen LogP contribution is 2.45. The minimum absolute atomic E-state index is 0.196. The fourth-order valence-electron chi connectivity index (χ4n) is 3.05. The molecule has 1 unspecified atom stereocenters. The molecule has 23 heavy (non-hydrogen) atoms. The first-order chi connectivity index (χ1) is 11.1. The summed E-state index contributed by atoms with van der Waals surface area (Å²) in [5, 5.41) is 0. The smallest absolute Gasteiger partial charge is 0.175 e. The molecule has 0 radical (unpaired) electrons. The summed E-state index contributed by atoms with van der Waals surface area (Å²) in [4.78, 5) is 14.2. The molecule has 3 nitrogen and oxygen atoms in total. The van der Waals surface area contributed by atoms with E-state index in [-0.39, 0.29) is 5.78 Å². The van der Waals surface area contributed by atoms with Crippen LogP contribution in [0.5, 0.6) is 11.5 Å². The van der Waals surface area contributed by atoms with Crippen LogP contribution in [0, 0.1) is 0 Å². The Morgan fingerprint density at radius 1 is 1.04 bits per heavy atom. The third-order valence-corrected chi connectivity index (χ3v) is 5.87. The van der Waals surface area contributed by atoms with Crippen molar-refractivity contribution in [3.05, 3.63) is 53.6 Å². The van der Waals surface area contributed by atoms with Gasteiger partial charge in [-0.2, -0.15) is 0 Å². The second kappa shape index (κ2) is 6.28. The Kier molecular flexibility index (Phi) is 4.35.